The Balaban J connectivity index is 4.14. The molecule has 2 heteroatoms. The topological polar surface area (TPSA) is 15.3 Å². The molecule has 1 N–H and O–H groups in total. The molecule has 98 valence electrons. The molecule has 0 aromatic rings. The van der Waals surface area contributed by atoms with E-state index in [1.807, 2.05) is 0 Å². The van der Waals surface area contributed by atoms with Gasteiger partial charge in [-0.2, -0.15) is 0 Å². The molecule has 0 heterocycles. The zero-order valence-electron chi connectivity index (χ0n) is 12.4. The second-order valence-electron chi connectivity index (χ2n) is 6.15. The van der Waals surface area contributed by atoms with Crippen LogP contribution in [0.25, 0.3) is 0 Å². The summed E-state index contributed by atoms with van der Waals surface area (Å²) in [5.41, 5.74) is 0. The quantitative estimate of drug-likeness (QED) is 0.687. The molecule has 0 aliphatic heterocycles. The van der Waals surface area contributed by atoms with Crippen molar-refractivity contribution >= 4 is 0 Å². The van der Waals surface area contributed by atoms with Crippen molar-refractivity contribution in [3.05, 3.63) is 0 Å². The third-order valence-corrected chi connectivity index (χ3v) is 2.64. The summed E-state index contributed by atoms with van der Waals surface area (Å²) in [7, 11) is 0. The normalized spacial score (nSPS) is 14.4. The average molecular weight is 228 g/mol. The first kappa shape index (κ1) is 15.9. The van der Waals surface area contributed by atoms with Gasteiger partial charge in [0.25, 0.3) is 0 Å². The minimum absolute atomic E-state index is 0.586. The van der Waals surface area contributed by atoms with E-state index in [4.69, 9.17) is 0 Å². The monoisotopic (exact) mass is 228 g/mol. The Labute approximate surface area is 103 Å². The Morgan fingerprint density at radius 3 is 1.56 bits per heavy atom. The molecular weight excluding hydrogens is 196 g/mol. The highest BCUT2D eigenvalue weighted by molar-refractivity contribution is 4.73. The van der Waals surface area contributed by atoms with E-state index < -0.39 is 0 Å². The first-order chi connectivity index (χ1) is 7.32. The van der Waals surface area contributed by atoms with E-state index in [2.05, 4.69) is 58.7 Å². The van der Waals surface area contributed by atoms with Gasteiger partial charge in [0.15, 0.2) is 0 Å². The van der Waals surface area contributed by atoms with Crippen LogP contribution in [0.1, 0.15) is 48.5 Å². The Morgan fingerprint density at radius 1 is 0.812 bits per heavy atom. The molecule has 0 fully saturated rings. The molecule has 0 aromatic carbocycles. The molecule has 0 saturated heterocycles. The summed E-state index contributed by atoms with van der Waals surface area (Å²) in [6.07, 6.45) is 0. The molecule has 1 unspecified atom stereocenters. The van der Waals surface area contributed by atoms with Crippen molar-refractivity contribution in [2.24, 2.45) is 11.8 Å². The minimum atomic E-state index is 0.586. The van der Waals surface area contributed by atoms with Crippen molar-refractivity contribution in [3.63, 3.8) is 0 Å². The highest BCUT2D eigenvalue weighted by Crippen LogP contribution is 2.08. The van der Waals surface area contributed by atoms with E-state index in [1.165, 1.54) is 13.1 Å². The van der Waals surface area contributed by atoms with Gasteiger partial charge in [0.05, 0.1) is 0 Å². The fourth-order valence-electron chi connectivity index (χ4n) is 1.91. The van der Waals surface area contributed by atoms with Crippen molar-refractivity contribution in [3.8, 4) is 0 Å². The summed E-state index contributed by atoms with van der Waals surface area (Å²) < 4.78 is 0. The summed E-state index contributed by atoms with van der Waals surface area (Å²) >= 11 is 0. The first-order valence-electron chi connectivity index (χ1n) is 6.80. The lowest BCUT2D eigenvalue weighted by atomic mass is 10.1. The lowest BCUT2D eigenvalue weighted by molar-refractivity contribution is 0.162. The van der Waals surface area contributed by atoms with Crippen LogP contribution in [-0.2, 0) is 0 Å². The molecule has 0 aliphatic carbocycles. The molecule has 0 spiro atoms. The molecule has 0 amide bonds. The summed E-state index contributed by atoms with van der Waals surface area (Å²) in [5, 5.41) is 3.53. The van der Waals surface area contributed by atoms with E-state index in [0.29, 0.717) is 12.1 Å². The smallest absolute Gasteiger partial charge is 0.0192 e. The zero-order valence-corrected chi connectivity index (χ0v) is 12.4. The van der Waals surface area contributed by atoms with Crippen LogP contribution in [0.15, 0.2) is 0 Å². The van der Waals surface area contributed by atoms with Gasteiger partial charge in [0.2, 0.25) is 0 Å². The molecule has 0 rings (SSSR count). The van der Waals surface area contributed by atoms with Crippen LogP contribution in [0.2, 0.25) is 0 Å². The van der Waals surface area contributed by atoms with Crippen LogP contribution in [0.3, 0.4) is 0 Å². The molecule has 16 heavy (non-hydrogen) atoms. The molecule has 0 saturated carbocycles. The van der Waals surface area contributed by atoms with Gasteiger partial charge in [-0.15, -0.1) is 0 Å². The predicted octanol–water partition coefficient (Wildman–Crippen LogP) is 2.99. The minimum Gasteiger partial charge on any atom is -0.313 e. The molecule has 0 aromatic heterocycles. The average Bonchev–Trinajstić information content (AvgIpc) is 2.11. The molecule has 0 bridgehead atoms. The van der Waals surface area contributed by atoms with Crippen molar-refractivity contribution in [1.29, 1.82) is 0 Å². The van der Waals surface area contributed by atoms with Gasteiger partial charge in [-0.3, -0.25) is 4.90 Å². The largest absolute Gasteiger partial charge is 0.313 e. The van der Waals surface area contributed by atoms with Gasteiger partial charge in [0.1, 0.15) is 0 Å². The SMILES string of the molecule is CC(C)CN(CC(C)C)C(C)CNC(C)C. The van der Waals surface area contributed by atoms with Crippen molar-refractivity contribution in [1.82, 2.24) is 10.2 Å². The van der Waals surface area contributed by atoms with Gasteiger partial charge >= 0.3 is 0 Å². The standard InChI is InChI=1S/C14H32N2/c1-11(2)9-16(10-12(3)4)14(7)8-15-13(5)6/h11-15H,8-10H2,1-7H3. The number of hydrogen-bond acceptors (Lipinski definition) is 2. The number of rotatable bonds is 8. The van der Waals surface area contributed by atoms with E-state index in [0.717, 1.165) is 18.4 Å². The van der Waals surface area contributed by atoms with Crippen LogP contribution in [0.5, 0.6) is 0 Å². The Morgan fingerprint density at radius 2 is 1.25 bits per heavy atom. The number of nitrogens with one attached hydrogen (secondary N) is 1. The fraction of sp³-hybridized carbons (Fsp3) is 1.00. The molecular formula is C14H32N2. The highest BCUT2D eigenvalue weighted by Gasteiger charge is 2.16. The van der Waals surface area contributed by atoms with Crippen LogP contribution >= 0.6 is 0 Å². The third-order valence-electron chi connectivity index (χ3n) is 2.64. The van der Waals surface area contributed by atoms with Gasteiger partial charge < -0.3 is 5.32 Å². The molecule has 1 atom stereocenters. The van der Waals surface area contributed by atoms with E-state index in [9.17, 15) is 0 Å². The van der Waals surface area contributed by atoms with Crippen LogP contribution in [0.4, 0.5) is 0 Å². The van der Waals surface area contributed by atoms with E-state index in [1.54, 1.807) is 0 Å². The van der Waals surface area contributed by atoms with Crippen molar-refractivity contribution in [2.45, 2.75) is 60.5 Å². The summed E-state index contributed by atoms with van der Waals surface area (Å²) in [4.78, 5) is 2.62. The maximum atomic E-state index is 3.53. The molecule has 0 radical (unpaired) electrons. The van der Waals surface area contributed by atoms with Crippen molar-refractivity contribution < 1.29 is 0 Å². The van der Waals surface area contributed by atoms with Gasteiger partial charge in [0, 0.05) is 31.7 Å². The first-order valence-corrected chi connectivity index (χ1v) is 6.80. The lowest BCUT2D eigenvalue weighted by Gasteiger charge is -2.32. The molecule has 0 aliphatic rings. The maximum Gasteiger partial charge on any atom is 0.0192 e. The second kappa shape index (κ2) is 8.08. The number of hydrogen-bond donors (Lipinski definition) is 1. The third kappa shape index (κ3) is 8.12. The van der Waals surface area contributed by atoms with Gasteiger partial charge in [-0.1, -0.05) is 41.5 Å². The van der Waals surface area contributed by atoms with Crippen LogP contribution in [0, 0.1) is 11.8 Å². The lowest BCUT2D eigenvalue weighted by Crippen LogP contribution is -2.45. The van der Waals surface area contributed by atoms with Crippen molar-refractivity contribution in [2.75, 3.05) is 19.6 Å². The van der Waals surface area contributed by atoms with Crippen LogP contribution in [-0.4, -0.2) is 36.6 Å². The predicted molar refractivity (Wildman–Crippen MR) is 73.8 cm³/mol. The summed E-state index contributed by atoms with van der Waals surface area (Å²) in [5.74, 6) is 1.50. The fourth-order valence-corrected chi connectivity index (χ4v) is 1.91. The number of nitrogens with zero attached hydrogens (tertiary/aromatic N) is 1. The zero-order chi connectivity index (χ0) is 12.7. The maximum absolute atomic E-state index is 3.53. The van der Waals surface area contributed by atoms with Crippen LogP contribution < -0.4 is 5.32 Å². The summed E-state index contributed by atoms with van der Waals surface area (Å²) in [6.45, 7) is 19.5. The van der Waals surface area contributed by atoms with Gasteiger partial charge in [-0.25, -0.2) is 0 Å². The Hall–Kier alpha value is -0.0800. The Bertz CT molecular complexity index is 154. The van der Waals surface area contributed by atoms with E-state index >= 15 is 0 Å². The van der Waals surface area contributed by atoms with E-state index in [-0.39, 0.29) is 0 Å². The Kier molecular flexibility index (Phi) is 8.04. The second-order valence-corrected chi connectivity index (χ2v) is 6.15. The summed E-state index contributed by atoms with van der Waals surface area (Å²) in [6, 6.07) is 1.22. The van der Waals surface area contributed by atoms with Gasteiger partial charge in [-0.05, 0) is 18.8 Å². The highest BCUT2D eigenvalue weighted by atomic mass is 15.2. The molecule has 2 nitrogen and oxygen atoms in total.